The molecule has 0 aromatic carbocycles. The van der Waals surface area contributed by atoms with Gasteiger partial charge in [-0.15, -0.1) is 0 Å². The molecule has 0 aliphatic carbocycles. The van der Waals surface area contributed by atoms with Crippen LogP contribution in [-0.2, 0) is 31.5 Å². The maximum atomic E-state index is 13.4. The zero-order valence-electron chi connectivity index (χ0n) is 21.7. The molecule has 33 heavy (non-hydrogen) atoms. The lowest BCUT2D eigenvalue weighted by Gasteiger charge is -2.22. The predicted octanol–water partition coefficient (Wildman–Crippen LogP) is 8.71. The molecule has 0 aromatic rings. The molecule has 0 saturated carbocycles. The fourth-order valence-corrected chi connectivity index (χ4v) is 4.86. The fourth-order valence-electron chi connectivity index (χ4n) is 1.95. The number of allylic oxidation sites excluding steroid dienone is 4. The van der Waals surface area contributed by atoms with Gasteiger partial charge in [-0.1, -0.05) is 74.3 Å². The molecule has 0 aliphatic rings. The van der Waals surface area contributed by atoms with E-state index < -0.39 is 15.6 Å². The van der Waals surface area contributed by atoms with Crippen LogP contribution in [0.25, 0.3) is 0 Å². The minimum absolute atomic E-state index is 0.0167. The van der Waals surface area contributed by atoms with E-state index in [0.29, 0.717) is 0 Å². The standard InChI is InChI=1S/C24H44O7P2/c1-9-21(5)13-17-27-32(25,28-18-14-22(6)10-2)31-33(26,29-19-15-23(7)11-3)30-20-16-24(8)12-4/h13-16H,9-12,17-20H2,1-8H3/b21-13+,22-14+,23-15+,24-16+. The van der Waals surface area contributed by atoms with Gasteiger partial charge in [0.15, 0.2) is 0 Å². The average molecular weight is 507 g/mol. The molecule has 0 radical (unpaired) electrons. The van der Waals surface area contributed by atoms with Gasteiger partial charge >= 0.3 is 15.6 Å². The fraction of sp³-hybridized carbons (Fsp3) is 0.667. The monoisotopic (exact) mass is 506 g/mol. The lowest BCUT2D eigenvalue weighted by Crippen LogP contribution is -2.05. The summed E-state index contributed by atoms with van der Waals surface area (Å²) in [6.07, 6.45) is 10.4. The molecule has 0 amide bonds. The molecule has 0 heterocycles. The van der Waals surface area contributed by atoms with Gasteiger partial charge in [0, 0.05) is 0 Å². The first-order valence-electron chi connectivity index (χ1n) is 11.6. The van der Waals surface area contributed by atoms with E-state index in [4.69, 9.17) is 22.4 Å². The van der Waals surface area contributed by atoms with Crippen molar-refractivity contribution in [2.75, 3.05) is 26.4 Å². The maximum Gasteiger partial charge on any atom is 0.484 e. The van der Waals surface area contributed by atoms with Crippen LogP contribution in [-0.4, -0.2) is 26.4 Å². The Kier molecular flexibility index (Phi) is 17.2. The van der Waals surface area contributed by atoms with Gasteiger partial charge in [-0.2, -0.15) is 4.31 Å². The Hall–Kier alpha value is -0.780. The van der Waals surface area contributed by atoms with Crippen molar-refractivity contribution >= 4 is 15.6 Å². The Labute approximate surface area is 201 Å². The number of hydrogen-bond acceptors (Lipinski definition) is 7. The highest BCUT2D eigenvalue weighted by Gasteiger charge is 2.40. The van der Waals surface area contributed by atoms with Crippen LogP contribution < -0.4 is 0 Å². The van der Waals surface area contributed by atoms with Crippen LogP contribution in [0.4, 0.5) is 0 Å². The van der Waals surface area contributed by atoms with Crippen LogP contribution in [0.2, 0.25) is 0 Å². The van der Waals surface area contributed by atoms with Crippen molar-refractivity contribution in [3.8, 4) is 0 Å². The average Bonchev–Trinajstić information content (AvgIpc) is 2.78. The Morgan fingerprint density at radius 3 is 0.909 bits per heavy atom. The largest absolute Gasteiger partial charge is 0.484 e. The normalized spacial score (nSPS) is 16.2. The molecule has 0 N–H and O–H groups in total. The van der Waals surface area contributed by atoms with Crippen LogP contribution in [0, 0.1) is 0 Å². The molecule has 9 heteroatoms. The van der Waals surface area contributed by atoms with Gasteiger partial charge in [-0.25, -0.2) is 9.13 Å². The van der Waals surface area contributed by atoms with Crippen molar-refractivity contribution in [1.82, 2.24) is 0 Å². The summed E-state index contributed by atoms with van der Waals surface area (Å²) in [4.78, 5) is 0. The third-order valence-electron chi connectivity index (χ3n) is 5.09. The Morgan fingerprint density at radius 1 is 0.515 bits per heavy atom. The molecule has 0 aliphatic heterocycles. The van der Waals surface area contributed by atoms with Crippen molar-refractivity contribution in [1.29, 1.82) is 0 Å². The van der Waals surface area contributed by atoms with Crippen molar-refractivity contribution in [3.63, 3.8) is 0 Å². The highest BCUT2D eigenvalue weighted by Crippen LogP contribution is 2.66. The molecule has 0 saturated heterocycles. The molecule has 0 aromatic heterocycles. The quantitative estimate of drug-likeness (QED) is 0.136. The molecule has 0 bridgehead atoms. The summed E-state index contributed by atoms with van der Waals surface area (Å²) < 4.78 is 54.0. The summed E-state index contributed by atoms with van der Waals surface area (Å²) in [6.45, 7) is 15.7. The van der Waals surface area contributed by atoms with E-state index in [0.717, 1.165) is 48.0 Å². The van der Waals surface area contributed by atoms with Gasteiger partial charge in [-0.3, -0.25) is 18.1 Å². The van der Waals surface area contributed by atoms with Crippen molar-refractivity contribution in [3.05, 3.63) is 46.6 Å². The first-order valence-corrected chi connectivity index (χ1v) is 14.6. The molecule has 0 fully saturated rings. The Balaban J connectivity index is 5.71. The summed E-state index contributed by atoms with van der Waals surface area (Å²) in [6, 6.07) is 0. The molecule has 0 spiro atoms. The lowest BCUT2D eigenvalue weighted by atomic mass is 10.2. The van der Waals surface area contributed by atoms with Gasteiger partial charge in [0.05, 0.1) is 26.4 Å². The van der Waals surface area contributed by atoms with Crippen molar-refractivity contribution in [2.24, 2.45) is 0 Å². The summed E-state index contributed by atoms with van der Waals surface area (Å²) in [7, 11) is -8.52. The van der Waals surface area contributed by atoms with Crippen LogP contribution in [0.5, 0.6) is 0 Å². The van der Waals surface area contributed by atoms with Crippen molar-refractivity contribution < 1.29 is 31.5 Å². The van der Waals surface area contributed by atoms with Gasteiger partial charge in [-0.05, 0) is 53.4 Å². The van der Waals surface area contributed by atoms with E-state index in [1.54, 1.807) is 24.3 Å². The summed E-state index contributed by atoms with van der Waals surface area (Å²) in [5.74, 6) is 0. The predicted molar refractivity (Wildman–Crippen MR) is 136 cm³/mol. The number of hydrogen-bond donors (Lipinski definition) is 0. The smallest absolute Gasteiger partial charge is 0.282 e. The molecule has 0 atom stereocenters. The van der Waals surface area contributed by atoms with E-state index in [-0.39, 0.29) is 26.4 Å². The van der Waals surface area contributed by atoms with Crippen LogP contribution in [0.15, 0.2) is 46.6 Å². The van der Waals surface area contributed by atoms with Gasteiger partial charge in [0.2, 0.25) is 0 Å². The number of phosphoric ester groups is 2. The van der Waals surface area contributed by atoms with Crippen LogP contribution in [0.1, 0.15) is 81.1 Å². The Bertz CT molecular complexity index is 662. The highest BCUT2D eigenvalue weighted by molar-refractivity contribution is 7.62. The maximum absolute atomic E-state index is 13.4. The first kappa shape index (κ1) is 32.2. The van der Waals surface area contributed by atoms with Gasteiger partial charge in [0.25, 0.3) is 0 Å². The molecule has 192 valence electrons. The van der Waals surface area contributed by atoms with E-state index >= 15 is 0 Å². The van der Waals surface area contributed by atoms with E-state index in [9.17, 15) is 9.13 Å². The van der Waals surface area contributed by atoms with Gasteiger partial charge in [0.1, 0.15) is 0 Å². The second-order valence-electron chi connectivity index (χ2n) is 7.78. The third-order valence-corrected chi connectivity index (χ3v) is 8.55. The van der Waals surface area contributed by atoms with E-state index in [1.165, 1.54) is 0 Å². The molecular formula is C24H44O7P2. The molecular weight excluding hydrogens is 462 g/mol. The zero-order chi connectivity index (χ0) is 25.3. The third kappa shape index (κ3) is 15.7. The SMILES string of the molecule is CC/C(C)=C/COP(=O)(OC/C=C(\C)CC)OP(=O)(OC/C=C(\C)CC)OC/C=C(\C)CC. The second kappa shape index (κ2) is 17.6. The minimum atomic E-state index is -4.26. The zero-order valence-corrected chi connectivity index (χ0v) is 23.5. The number of phosphoric acid groups is 2. The number of rotatable bonds is 18. The molecule has 7 nitrogen and oxygen atoms in total. The van der Waals surface area contributed by atoms with E-state index in [1.807, 2.05) is 55.4 Å². The van der Waals surface area contributed by atoms with Gasteiger partial charge < -0.3 is 0 Å². The summed E-state index contributed by atoms with van der Waals surface area (Å²) in [5, 5.41) is 0. The minimum Gasteiger partial charge on any atom is -0.282 e. The van der Waals surface area contributed by atoms with Crippen LogP contribution in [0.3, 0.4) is 0 Å². The lowest BCUT2D eigenvalue weighted by molar-refractivity contribution is 0.130. The molecule has 0 unspecified atom stereocenters. The highest BCUT2D eigenvalue weighted by atomic mass is 31.3. The summed E-state index contributed by atoms with van der Waals surface area (Å²) in [5.41, 5.74) is 4.22. The van der Waals surface area contributed by atoms with Crippen LogP contribution >= 0.6 is 15.6 Å². The topological polar surface area (TPSA) is 80.3 Å². The summed E-state index contributed by atoms with van der Waals surface area (Å²) >= 11 is 0. The second-order valence-corrected chi connectivity index (χ2v) is 11.3. The Morgan fingerprint density at radius 2 is 0.727 bits per heavy atom. The van der Waals surface area contributed by atoms with Crippen molar-refractivity contribution in [2.45, 2.75) is 81.1 Å². The first-order chi connectivity index (χ1) is 15.5. The molecule has 0 rings (SSSR count). The van der Waals surface area contributed by atoms with E-state index in [2.05, 4.69) is 0 Å².